The Morgan fingerprint density at radius 3 is 2.42 bits per heavy atom. The highest BCUT2D eigenvalue weighted by Gasteiger charge is 2.27. The maximum atomic E-state index is 12.2. The van der Waals surface area contributed by atoms with Gasteiger partial charge in [-0.25, -0.2) is 4.79 Å². The molecule has 1 saturated heterocycles. The molecular formula is C18H23N5O3. The lowest BCUT2D eigenvalue weighted by Gasteiger charge is -2.37. The third-order valence-corrected chi connectivity index (χ3v) is 4.20. The number of aromatic nitrogens is 2. The van der Waals surface area contributed by atoms with Crippen LogP contribution in [0.15, 0.2) is 24.4 Å². The van der Waals surface area contributed by atoms with Crippen molar-refractivity contribution in [2.75, 3.05) is 31.1 Å². The first kappa shape index (κ1) is 17.9. The van der Waals surface area contributed by atoms with Gasteiger partial charge < -0.3 is 20.3 Å². The maximum Gasteiger partial charge on any atom is 0.410 e. The van der Waals surface area contributed by atoms with E-state index in [1.807, 2.05) is 32.9 Å². The van der Waals surface area contributed by atoms with Gasteiger partial charge in [0.1, 0.15) is 11.1 Å². The van der Waals surface area contributed by atoms with Gasteiger partial charge in [0.15, 0.2) is 0 Å². The first-order chi connectivity index (χ1) is 12.3. The molecule has 1 aromatic carbocycles. The van der Waals surface area contributed by atoms with Crippen LogP contribution >= 0.6 is 0 Å². The van der Waals surface area contributed by atoms with E-state index < -0.39 is 11.5 Å². The zero-order chi connectivity index (χ0) is 18.9. The van der Waals surface area contributed by atoms with Gasteiger partial charge in [0.2, 0.25) is 0 Å². The fraction of sp³-hybridized carbons (Fsp3) is 0.444. The Morgan fingerprint density at radius 1 is 1.12 bits per heavy atom. The number of amides is 2. The normalized spacial score (nSPS) is 15.2. The van der Waals surface area contributed by atoms with Crippen molar-refractivity contribution in [3.8, 4) is 0 Å². The van der Waals surface area contributed by atoms with E-state index in [0.29, 0.717) is 37.3 Å². The molecule has 2 amide bonds. The molecule has 0 bridgehead atoms. The van der Waals surface area contributed by atoms with Gasteiger partial charge in [0.25, 0.3) is 5.91 Å². The second-order valence-corrected chi connectivity index (χ2v) is 7.24. The molecule has 1 aromatic heterocycles. The maximum absolute atomic E-state index is 12.2. The van der Waals surface area contributed by atoms with E-state index in [4.69, 9.17) is 10.5 Å². The van der Waals surface area contributed by atoms with Gasteiger partial charge in [-0.05, 0) is 39.0 Å². The van der Waals surface area contributed by atoms with Crippen molar-refractivity contribution in [1.82, 2.24) is 15.1 Å². The zero-order valence-electron chi connectivity index (χ0n) is 15.2. The van der Waals surface area contributed by atoms with Crippen LogP contribution in [0.1, 0.15) is 31.1 Å². The number of hydrogen-bond donors (Lipinski definition) is 1. The minimum atomic E-state index is -0.531. The van der Waals surface area contributed by atoms with Gasteiger partial charge >= 0.3 is 6.09 Å². The number of ether oxygens (including phenoxy) is 1. The summed E-state index contributed by atoms with van der Waals surface area (Å²) in [4.78, 5) is 27.7. The number of benzene rings is 1. The summed E-state index contributed by atoms with van der Waals surface area (Å²) in [6, 6.07) is 5.37. The SMILES string of the molecule is CC(C)(C)OC(=O)N1CCN(c2ccc(C(N)=O)c3nnccc23)CC1. The summed E-state index contributed by atoms with van der Waals surface area (Å²) in [5.74, 6) is -0.531. The Hall–Kier alpha value is -2.90. The van der Waals surface area contributed by atoms with E-state index in [-0.39, 0.29) is 6.09 Å². The number of primary amides is 1. The summed E-state index contributed by atoms with van der Waals surface area (Å²) in [5, 5.41) is 8.77. The first-order valence-corrected chi connectivity index (χ1v) is 8.53. The lowest BCUT2D eigenvalue weighted by Crippen LogP contribution is -2.50. The molecule has 1 aliphatic heterocycles. The number of rotatable bonds is 2. The molecule has 1 fully saturated rings. The molecule has 0 radical (unpaired) electrons. The Labute approximate surface area is 151 Å². The summed E-state index contributed by atoms with van der Waals surface area (Å²) in [7, 11) is 0. The third-order valence-electron chi connectivity index (χ3n) is 4.20. The van der Waals surface area contributed by atoms with Crippen LogP contribution in [-0.4, -0.2) is 58.9 Å². The van der Waals surface area contributed by atoms with Crippen LogP contribution in [-0.2, 0) is 4.74 Å². The summed E-state index contributed by atoms with van der Waals surface area (Å²) in [6.45, 7) is 8.01. The van der Waals surface area contributed by atoms with Gasteiger partial charge in [-0.15, -0.1) is 5.10 Å². The van der Waals surface area contributed by atoms with Crippen molar-refractivity contribution in [2.24, 2.45) is 5.73 Å². The van der Waals surface area contributed by atoms with Crippen molar-refractivity contribution in [2.45, 2.75) is 26.4 Å². The molecule has 0 atom stereocenters. The number of carbonyl (C=O) groups is 2. The fourth-order valence-corrected chi connectivity index (χ4v) is 3.00. The third kappa shape index (κ3) is 3.68. The molecule has 2 N–H and O–H groups in total. The molecule has 1 aliphatic rings. The molecule has 8 nitrogen and oxygen atoms in total. The minimum absolute atomic E-state index is 0.294. The van der Waals surface area contributed by atoms with E-state index >= 15 is 0 Å². The summed E-state index contributed by atoms with van der Waals surface area (Å²) >= 11 is 0. The highest BCUT2D eigenvalue weighted by Crippen LogP contribution is 2.28. The van der Waals surface area contributed by atoms with Crippen molar-refractivity contribution in [3.05, 3.63) is 30.0 Å². The molecule has 138 valence electrons. The average molecular weight is 357 g/mol. The largest absolute Gasteiger partial charge is 0.444 e. The van der Waals surface area contributed by atoms with Gasteiger partial charge in [-0.2, -0.15) is 5.10 Å². The molecule has 2 heterocycles. The van der Waals surface area contributed by atoms with Gasteiger partial charge in [0.05, 0.1) is 11.8 Å². The van der Waals surface area contributed by atoms with Crippen LogP contribution in [0.5, 0.6) is 0 Å². The second kappa shape index (κ2) is 6.78. The Morgan fingerprint density at radius 2 is 1.81 bits per heavy atom. The average Bonchev–Trinajstić information content (AvgIpc) is 2.59. The molecule has 2 aromatic rings. The van der Waals surface area contributed by atoms with E-state index in [2.05, 4.69) is 15.1 Å². The predicted octanol–water partition coefficient (Wildman–Crippen LogP) is 1.79. The number of nitrogens with two attached hydrogens (primary N) is 1. The van der Waals surface area contributed by atoms with Gasteiger partial charge in [0, 0.05) is 37.3 Å². The lowest BCUT2D eigenvalue weighted by molar-refractivity contribution is 0.0240. The molecule has 26 heavy (non-hydrogen) atoms. The number of carbonyl (C=O) groups excluding carboxylic acids is 2. The Balaban J connectivity index is 1.79. The molecule has 0 saturated carbocycles. The van der Waals surface area contributed by atoms with Crippen LogP contribution in [0, 0.1) is 0 Å². The standard InChI is InChI=1S/C18H23N5O3/c1-18(2,3)26-17(25)23-10-8-22(9-11-23)14-5-4-13(16(19)24)15-12(14)6-7-20-21-15/h4-7H,8-11H2,1-3H3,(H2,19,24). The molecule has 3 rings (SSSR count). The molecule has 0 aliphatic carbocycles. The molecular weight excluding hydrogens is 334 g/mol. The summed E-state index contributed by atoms with van der Waals surface area (Å²) < 4.78 is 5.43. The van der Waals surface area contributed by atoms with Crippen molar-refractivity contribution in [3.63, 3.8) is 0 Å². The van der Waals surface area contributed by atoms with E-state index in [0.717, 1.165) is 11.1 Å². The number of piperazine rings is 1. The van der Waals surface area contributed by atoms with Crippen LogP contribution < -0.4 is 10.6 Å². The first-order valence-electron chi connectivity index (χ1n) is 8.53. The minimum Gasteiger partial charge on any atom is -0.444 e. The molecule has 0 unspecified atom stereocenters. The zero-order valence-corrected chi connectivity index (χ0v) is 15.2. The van der Waals surface area contributed by atoms with Gasteiger partial charge in [-0.3, -0.25) is 4.79 Å². The molecule has 0 spiro atoms. The lowest BCUT2D eigenvalue weighted by atomic mass is 10.1. The number of anilines is 1. The van der Waals surface area contributed by atoms with Crippen LogP contribution in [0.25, 0.3) is 10.9 Å². The van der Waals surface area contributed by atoms with E-state index in [1.54, 1.807) is 17.2 Å². The summed E-state index contributed by atoms with van der Waals surface area (Å²) in [5.41, 5.74) is 6.72. The smallest absolute Gasteiger partial charge is 0.410 e. The van der Waals surface area contributed by atoms with Crippen LogP contribution in [0.2, 0.25) is 0 Å². The fourth-order valence-electron chi connectivity index (χ4n) is 3.00. The van der Waals surface area contributed by atoms with Crippen LogP contribution in [0.3, 0.4) is 0 Å². The number of nitrogens with zero attached hydrogens (tertiary/aromatic N) is 4. The van der Waals surface area contributed by atoms with Crippen molar-refractivity contribution in [1.29, 1.82) is 0 Å². The molecule has 8 heteroatoms. The van der Waals surface area contributed by atoms with Crippen molar-refractivity contribution >= 4 is 28.6 Å². The number of fused-ring (bicyclic) bond motifs is 1. The predicted molar refractivity (Wildman–Crippen MR) is 98.1 cm³/mol. The quantitative estimate of drug-likeness (QED) is 0.879. The number of hydrogen-bond acceptors (Lipinski definition) is 6. The van der Waals surface area contributed by atoms with E-state index in [9.17, 15) is 9.59 Å². The van der Waals surface area contributed by atoms with Crippen LogP contribution in [0.4, 0.5) is 10.5 Å². The highest BCUT2D eigenvalue weighted by molar-refractivity contribution is 6.08. The van der Waals surface area contributed by atoms with Gasteiger partial charge in [-0.1, -0.05) is 0 Å². The van der Waals surface area contributed by atoms with E-state index in [1.165, 1.54) is 0 Å². The topological polar surface area (TPSA) is 102 Å². The second-order valence-electron chi connectivity index (χ2n) is 7.24. The van der Waals surface area contributed by atoms with Crippen molar-refractivity contribution < 1.29 is 14.3 Å². The monoisotopic (exact) mass is 357 g/mol. The Bertz CT molecular complexity index is 838. The highest BCUT2D eigenvalue weighted by atomic mass is 16.6. The summed E-state index contributed by atoms with van der Waals surface area (Å²) in [6.07, 6.45) is 1.30. The Kier molecular flexibility index (Phi) is 4.67.